The summed E-state index contributed by atoms with van der Waals surface area (Å²) in [7, 11) is 0. The van der Waals surface area contributed by atoms with Crippen molar-refractivity contribution >= 4 is 5.97 Å². The minimum absolute atomic E-state index is 0.102. The number of hydrogen-bond acceptors (Lipinski definition) is 3. The summed E-state index contributed by atoms with van der Waals surface area (Å²) in [5, 5.41) is 0. The van der Waals surface area contributed by atoms with Crippen LogP contribution in [0.25, 0.3) is 0 Å². The minimum atomic E-state index is -0.266. The van der Waals surface area contributed by atoms with Gasteiger partial charge in [0, 0.05) is 12.2 Å². The van der Waals surface area contributed by atoms with Gasteiger partial charge in [-0.05, 0) is 32.1 Å². The first-order chi connectivity index (χ1) is 18.1. The van der Waals surface area contributed by atoms with Gasteiger partial charge >= 0.3 is 5.97 Å². The monoisotopic (exact) mass is 520 g/mol. The van der Waals surface area contributed by atoms with E-state index in [2.05, 4.69) is 13.5 Å². The van der Waals surface area contributed by atoms with Gasteiger partial charge in [0.25, 0.3) is 0 Å². The molecule has 37 heavy (non-hydrogen) atoms. The summed E-state index contributed by atoms with van der Waals surface area (Å²) in [6.07, 6.45) is 34.0. The highest BCUT2D eigenvalue weighted by molar-refractivity contribution is 5.87. The van der Waals surface area contributed by atoms with Gasteiger partial charge in [0.05, 0.1) is 6.61 Å². The van der Waals surface area contributed by atoms with Crippen LogP contribution in [0.5, 0.6) is 0 Å². The van der Waals surface area contributed by atoms with Crippen molar-refractivity contribution < 1.29 is 14.3 Å². The van der Waals surface area contributed by atoms with Crippen molar-refractivity contribution in [2.75, 3.05) is 13.2 Å². The Morgan fingerprint density at radius 2 is 1.08 bits per heavy atom. The summed E-state index contributed by atoms with van der Waals surface area (Å²) in [4.78, 5) is 12.0. The van der Waals surface area contributed by atoms with Crippen molar-refractivity contribution in [3.63, 3.8) is 0 Å². The predicted octanol–water partition coefficient (Wildman–Crippen LogP) is 10.9. The van der Waals surface area contributed by atoms with Gasteiger partial charge in [0.2, 0.25) is 0 Å². The third-order valence-electron chi connectivity index (χ3n) is 8.21. The lowest BCUT2D eigenvalue weighted by molar-refractivity contribution is -0.151. The maximum atomic E-state index is 12.0. The fraction of sp³-hybridized carbons (Fsp3) is 0.912. The van der Waals surface area contributed by atoms with Crippen molar-refractivity contribution in [1.82, 2.24) is 0 Å². The lowest BCUT2D eigenvalue weighted by Gasteiger charge is -2.30. The molecule has 0 amide bonds. The molecule has 0 aromatic heterocycles. The van der Waals surface area contributed by atoms with E-state index in [1.807, 2.05) is 0 Å². The van der Waals surface area contributed by atoms with Crippen molar-refractivity contribution in [1.29, 1.82) is 0 Å². The molecule has 1 unspecified atom stereocenters. The summed E-state index contributed by atoms with van der Waals surface area (Å²) in [5.41, 5.74) is 0.481. The van der Waals surface area contributed by atoms with Crippen LogP contribution >= 0.6 is 0 Å². The van der Waals surface area contributed by atoms with Gasteiger partial charge in [0.15, 0.2) is 0 Å². The Kier molecular flexibility index (Phi) is 23.5. The van der Waals surface area contributed by atoms with Crippen LogP contribution in [0.4, 0.5) is 0 Å². The molecule has 0 radical (unpaired) electrons. The molecule has 0 aliphatic heterocycles. The number of carbonyl (C=O) groups excluding carboxylic acids is 1. The van der Waals surface area contributed by atoms with Crippen LogP contribution in [0.2, 0.25) is 0 Å². The molecule has 0 N–H and O–H groups in total. The maximum absolute atomic E-state index is 12.0. The molecular weight excluding hydrogens is 456 g/mol. The Bertz CT molecular complexity index is 523. The molecule has 1 rings (SSSR count). The van der Waals surface area contributed by atoms with Gasteiger partial charge < -0.3 is 9.47 Å². The zero-order valence-corrected chi connectivity index (χ0v) is 25.2. The van der Waals surface area contributed by atoms with Crippen molar-refractivity contribution in [2.45, 2.75) is 180 Å². The second-order valence-corrected chi connectivity index (χ2v) is 11.9. The topological polar surface area (TPSA) is 35.5 Å². The molecule has 0 aromatic carbocycles. The third kappa shape index (κ3) is 20.8. The molecule has 3 heteroatoms. The Labute approximate surface area is 231 Å². The Hall–Kier alpha value is -0.830. The van der Waals surface area contributed by atoms with Crippen molar-refractivity contribution in [3.8, 4) is 0 Å². The largest absolute Gasteiger partial charge is 0.456 e. The zero-order chi connectivity index (χ0) is 26.8. The first-order valence-electron chi connectivity index (χ1n) is 16.6. The van der Waals surface area contributed by atoms with Crippen LogP contribution in [0, 0.1) is 5.92 Å². The number of carbonyl (C=O) groups is 1. The molecule has 0 bridgehead atoms. The lowest BCUT2D eigenvalue weighted by Crippen LogP contribution is -2.33. The molecule has 1 atom stereocenters. The molecule has 218 valence electrons. The first kappa shape index (κ1) is 34.2. The normalized spacial score (nSPS) is 15.1. The predicted molar refractivity (Wildman–Crippen MR) is 160 cm³/mol. The number of hydrogen-bond donors (Lipinski definition) is 0. The van der Waals surface area contributed by atoms with E-state index in [0.717, 1.165) is 25.9 Å². The van der Waals surface area contributed by atoms with Gasteiger partial charge in [-0.3, -0.25) is 0 Å². The van der Waals surface area contributed by atoms with Gasteiger partial charge in [-0.25, -0.2) is 4.79 Å². The van der Waals surface area contributed by atoms with Crippen LogP contribution in [0.15, 0.2) is 12.2 Å². The Balaban J connectivity index is 1.85. The summed E-state index contributed by atoms with van der Waals surface area (Å²) in [6, 6.07) is 0. The van der Waals surface area contributed by atoms with E-state index in [0.29, 0.717) is 18.1 Å². The second kappa shape index (κ2) is 25.4. The van der Waals surface area contributed by atoms with Gasteiger partial charge in [-0.15, -0.1) is 0 Å². The molecule has 0 spiro atoms. The van der Waals surface area contributed by atoms with E-state index in [1.165, 1.54) is 141 Å². The molecular formula is C34H64O3. The van der Waals surface area contributed by atoms with Crippen LogP contribution in [-0.2, 0) is 14.3 Å². The molecule has 0 saturated heterocycles. The van der Waals surface area contributed by atoms with E-state index in [9.17, 15) is 4.79 Å². The van der Waals surface area contributed by atoms with Gasteiger partial charge in [-0.2, -0.15) is 0 Å². The molecule has 1 aliphatic rings. The number of esters is 1. The highest BCUT2D eigenvalue weighted by atomic mass is 16.6. The second-order valence-electron chi connectivity index (χ2n) is 11.9. The van der Waals surface area contributed by atoms with Crippen LogP contribution in [0.3, 0.4) is 0 Å². The average Bonchev–Trinajstić information content (AvgIpc) is 2.91. The quantitative estimate of drug-likeness (QED) is 0.0646. The highest BCUT2D eigenvalue weighted by Crippen LogP contribution is 2.28. The van der Waals surface area contributed by atoms with E-state index >= 15 is 0 Å². The first-order valence-corrected chi connectivity index (χ1v) is 16.6. The average molecular weight is 521 g/mol. The molecule has 0 heterocycles. The maximum Gasteiger partial charge on any atom is 0.333 e. The van der Waals surface area contributed by atoms with E-state index in [1.54, 1.807) is 6.92 Å². The number of rotatable bonds is 26. The van der Waals surface area contributed by atoms with Crippen molar-refractivity contribution in [2.24, 2.45) is 5.92 Å². The molecule has 0 aromatic rings. The van der Waals surface area contributed by atoms with Crippen LogP contribution in [-0.4, -0.2) is 25.3 Å². The molecule has 1 fully saturated rings. The number of ether oxygens (including phenoxy) is 2. The molecule has 1 saturated carbocycles. The third-order valence-corrected chi connectivity index (χ3v) is 8.21. The van der Waals surface area contributed by atoms with E-state index < -0.39 is 0 Å². The van der Waals surface area contributed by atoms with E-state index in [4.69, 9.17) is 9.47 Å². The highest BCUT2D eigenvalue weighted by Gasteiger charge is 2.27. The summed E-state index contributed by atoms with van der Waals surface area (Å²) in [6.45, 7) is 9.08. The summed E-state index contributed by atoms with van der Waals surface area (Å²) < 4.78 is 11.7. The standard InChI is InChI=1S/C34H64O3/c1-4-5-6-7-8-9-10-11-12-13-14-15-16-17-18-19-20-21-22-26-29-36-30-33(37-34(35)31(2)3)32-27-24-23-25-28-32/h32-33H,2,4-30H2,1,3H3. The summed E-state index contributed by atoms with van der Waals surface area (Å²) in [5.74, 6) is 0.185. The van der Waals surface area contributed by atoms with Crippen LogP contribution in [0.1, 0.15) is 174 Å². The minimum Gasteiger partial charge on any atom is -0.456 e. The summed E-state index contributed by atoms with van der Waals surface area (Å²) >= 11 is 0. The SMILES string of the molecule is C=C(C)C(=O)OC(COCCCCCCCCCCCCCCCCCCCCCC)C1CCCCC1. The fourth-order valence-corrected chi connectivity index (χ4v) is 5.67. The smallest absolute Gasteiger partial charge is 0.333 e. The Morgan fingerprint density at radius 3 is 1.49 bits per heavy atom. The molecule has 3 nitrogen and oxygen atoms in total. The lowest BCUT2D eigenvalue weighted by atomic mass is 9.85. The van der Waals surface area contributed by atoms with Gasteiger partial charge in [-0.1, -0.05) is 155 Å². The Morgan fingerprint density at radius 1 is 0.676 bits per heavy atom. The molecule has 1 aliphatic carbocycles. The van der Waals surface area contributed by atoms with E-state index in [-0.39, 0.29) is 12.1 Å². The van der Waals surface area contributed by atoms with Gasteiger partial charge in [0.1, 0.15) is 6.10 Å². The van der Waals surface area contributed by atoms with Crippen LogP contribution < -0.4 is 0 Å². The zero-order valence-electron chi connectivity index (χ0n) is 25.2. The number of unbranched alkanes of at least 4 members (excludes halogenated alkanes) is 19. The van der Waals surface area contributed by atoms with Crippen molar-refractivity contribution in [3.05, 3.63) is 12.2 Å². The fourth-order valence-electron chi connectivity index (χ4n) is 5.67.